The SMILES string of the molecule is COc1cccc(/C=C/C(=O)Nc2cc(Cl)ccc2N2CCN(C)CC2)c1. The third-order valence-corrected chi connectivity index (χ3v) is 4.82. The highest BCUT2D eigenvalue weighted by Gasteiger charge is 2.18. The largest absolute Gasteiger partial charge is 0.497 e. The summed E-state index contributed by atoms with van der Waals surface area (Å²) in [4.78, 5) is 17.0. The summed E-state index contributed by atoms with van der Waals surface area (Å²) < 4.78 is 5.20. The number of carbonyl (C=O) groups is 1. The Morgan fingerprint density at radius 2 is 1.93 bits per heavy atom. The molecular weight excluding hydrogens is 362 g/mol. The lowest BCUT2D eigenvalue weighted by Crippen LogP contribution is -2.44. The third-order valence-electron chi connectivity index (χ3n) is 4.58. The van der Waals surface area contributed by atoms with Crippen LogP contribution in [-0.4, -0.2) is 51.1 Å². The van der Waals surface area contributed by atoms with Crippen molar-refractivity contribution in [2.45, 2.75) is 0 Å². The zero-order chi connectivity index (χ0) is 19.2. The second kappa shape index (κ2) is 8.93. The van der Waals surface area contributed by atoms with Gasteiger partial charge in [-0.25, -0.2) is 0 Å². The fraction of sp³-hybridized carbons (Fsp3) is 0.286. The summed E-state index contributed by atoms with van der Waals surface area (Å²) in [5, 5.41) is 3.56. The second-order valence-corrected chi connectivity index (χ2v) is 6.99. The van der Waals surface area contributed by atoms with Crippen molar-refractivity contribution in [2.24, 2.45) is 0 Å². The maximum Gasteiger partial charge on any atom is 0.248 e. The molecule has 0 radical (unpaired) electrons. The molecule has 0 aliphatic carbocycles. The van der Waals surface area contributed by atoms with Crippen LogP contribution in [0.25, 0.3) is 6.08 Å². The Balaban J connectivity index is 1.73. The van der Waals surface area contributed by atoms with Crippen LogP contribution in [0.3, 0.4) is 0 Å². The molecule has 2 aromatic carbocycles. The van der Waals surface area contributed by atoms with Gasteiger partial charge in [-0.1, -0.05) is 23.7 Å². The zero-order valence-corrected chi connectivity index (χ0v) is 16.4. The first-order valence-electron chi connectivity index (χ1n) is 8.91. The number of benzene rings is 2. The molecule has 0 saturated carbocycles. The van der Waals surface area contributed by atoms with Crippen molar-refractivity contribution in [1.29, 1.82) is 0 Å². The maximum atomic E-state index is 12.4. The molecule has 0 unspecified atom stereocenters. The molecular formula is C21H24ClN3O2. The molecule has 0 bridgehead atoms. The highest BCUT2D eigenvalue weighted by molar-refractivity contribution is 6.31. The minimum Gasteiger partial charge on any atom is -0.497 e. The van der Waals surface area contributed by atoms with E-state index in [1.807, 2.05) is 36.4 Å². The molecule has 0 atom stereocenters. The van der Waals surface area contributed by atoms with Crippen LogP contribution in [-0.2, 0) is 4.79 Å². The average Bonchev–Trinajstić information content (AvgIpc) is 2.68. The van der Waals surface area contributed by atoms with Crippen LogP contribution in [0.1, 0.15) is 5.56 Å². The number of hydrogen-bond acceptors (Lipinski definition) is 4. The van der Waals surface area contributed by atoms with Gasteiger partial charge in [0.1, 0.15) is 5.75 Å². The maximum absolute atomic E-state index is 12.4. The van der Waals surface area contributed by atoms with Crippen LogP contribution >= 0.6 is 11.6 Å². The predicted octanol–water partition coefficient (Wildman–Crippen LogP) is 3.75. The second-order valence-electron chi connectivity index (χ2n) is 6.55. The number of methoxy groups -OCH3 is 1. The molecule has 6 heteroatoms. The van der Waals surface area contributed by atoms with E-state index in [-0.39, 0.29) is 5.91 Å². The van der Waals surface area contributed by atoms with E-state index in [1.54, 1.807) is 19.3 Å². The number of piperazine rings is 1. The monoisotopic (exact) mass is 385 g/mol. The molecule has 142 valence electrons. The molecule has 3 rings (SSSR count). The number of rotatable bonds is 5. The topological polar surface area (TPSA) is 44.8 Å². The fourth-order valence-corrected chi connectivity index (χ4v) is 3.20. The molecule has 1 aliphatic heterocycles. The molecule has 1 aliphatic rings. The summed E-state index contributed by atoms with van der Waals surface area (Å²) in [5.41, 5.74) is 2.62. The summed E-state index contributed by atoms with van der Waals surface area (Å²) in [5.74, 6) is 0.556. The Labute approximate surface area is 165 Å². The van der Waals surface area contributed by atoms with Gasteiger partial charge in [-0.2, -0.15) is 0 Å². The predicted molar refractivity (Wildman–Crippen MR) is 112 cm³/mol. The summed E-state index contributed by atoms with van der Waals surface area (Å²) >= 11 is 6.16. The third kappa shape index (κ3) is 5.25. The van der Waals surface area contributed by atoms with Crippen LogP contribution in [0.5, 0.6) is 5.75 Å². The van der Waals surface area contributed by atoms with Crippen LogP contribution in [0, 0.1) is 0 Å². The lowest BCUT2D eigenvalue weighted by Gasteiger charge is -2.35. The Kier molecular flexibility index (Phi) is 6.37. The van der Waals surface area contributed by atoms with Gasteiger partial charge in [0.15, 0.2) is 0 Å². The molecule has 1 amide bonds. The molecule has 1 fully saturated rings. The summed E-state index contributed by atoms with van der Waals surface area (Å²) in [6.45, 7) is 3.82. The first kappa shape index (κ1) is 19.3. The van der Waals surface area contributed by atoms with E-state index in [4.69, 9.17) is 16.3 Å². The molecule has 0 spiro atoms. The Morgan fingerprint density at radius 3 is 2.67 bits per heavy atom. The van der Waals surface area contributed by atoms with Crippen molar-refractivity contribution in [2.75, 3.05) is 50.6 Å². The number of amides is 1. The van der Waals surface area contributed by atoms with Crippen molar-refractivity contribution >= 4 is 35.0 Å². The van der Waals surface area contributed by atoms with Gasteiger partial charge in [-0.05, 0) is 49.0 Å². The normalized spacial score (nSPS) is 15.1. The van der Waals surface area contributed by atoms with E-state index >= 15 is 0 Å². The highest BCUT2D eigenvalue weighted by Crippen LogP contribution is 2.30. The Morgan fingerprint density at radius 1 is 1.15 bits per heavy atom. The van der Waals surface area contributed by atoms with Crippen LogP contribution in [0.4, 0.5) is 11.4 Å². The van der Waals surface area contributed by atoms with Gasteiger partial charge in [0.2, 0.25) is 5.91 Å². The molecule has 1 saturated heterocycles. The lowest BCUT2D eigenvalue weighted by molar-refractivity contribution is -0.111. The number of nitrogens with one attached hydrogen (secondary N) is 1. The first-order valence-corrected chi connectivity index (χ1v) is 9.29. The van der Waals surface area contributed by atoms with E-state index in [0.29, 0.717) is 5.02 Å². The van der Waals surface area contributed by atoms with Crippen molar-refractivity contribution in [3.63, 3.8) is 0 Å². The van der Waals surface area contributed by atoms with Gasteiger partial charge < -0.3 is 19.9 Å². The summed E-state index contributed by atoms with van der Waals surface area (Å²) in [6, 6.07) is 13.2. The zero-order valence-electron chi connectivity index (χ0n) is 15.6. The number of hydrogen-bond donors (Lipinski definition) is 1. The van der Waals surface area contributed by atoms with Crippen molar-refractivity contribution < 1.29 is 9.53 Å². The quantitative estimate of drug-likeness (QED) is 0.796. The molecule has 1 heterocycles. The molecule has 2 aromatic rings. The van der Waals surface area contributed by atoms with Crippen molar-refractivity contribution in [3.05, 3.63) is 59.1 Å². The van der Waals surface area contributed by atoms with Crippen molar-refractivity contribution in [1.82, 2.24) is 4.90 Å². The standard InChI is InChI=1S/C21H24ClN3O2/c1-24-10-12-25(13-11-24)20-8-7-17(22)15-19(20)23-21(26)9-6-16-4-3-5-18(14-16)27-2/h3-9,14-15H,10-13H2,1-2H3,(H,23,26)/b9-6+. The van der Waals surface area contributed by atoms with E-state index in [0.717, 1.165) is 48.9 Å². The van der Waals surface area contributed by atoms with Gasteiger partial charge in [0.25, 0.3) is 0 Å². The van der Waals surface area contributed by atoms with Crippen LogP contribution in [0.15, 0.2) is 48.5 Å². The van der Waals surface area contributed by atoms with E-state index in [2.05, 4.69) is 22.2 Å². The van der Waals surface area contributed by atoms with E-state index < -0.39 is 0 Å². The van der Waals surface area contributed by atoms with Gasteiger partial charge >= 0.3 is 0 Å². The highest BCUT2D eigenvalue weighted by atomic mass is 35.5. The molecule has 0 aromatic heterocycles. The number of likely N-dealkylation sites (N-methyl/N-ethyl adjacent to an activating group) is 1. The Hall–Kier alpha value is -2.50. The lowest BCUT2D eigenvalue weighted by atomic mass is 10.2. The minimum absolute atomic E-state index is 0.199. The Bertz CT molecular complexity index is 830. The van der Waals surface area contributed by atoms with Crippen LogP contribution in [0.2, 0.25) is 5.02 Å². The van der Waals surface area contributed by atoms with Crippen molar-refractivity contribution in [3.8, 4) is 5.75 Å². The molecule has 1 N–H and O–H groups in total. The number of anilines is 2. The number of ether oxygens (including phenoxy) is 1. The smallest absolute Gasteiger partial charge is 0.248 e. The van der Waals surface area contributed by atoms with Gasteiger partial charge in [0, 0.05) is 37.3 Å². The van der Waals surface area contributed by atoms with E-state index in [9.17, 15) is 4.79 Å². The van der Waals surface area contributed by atoms with Gasteiger partial charge in [-0.15, -0.1) is 0 Å². The van der Waals surface area contributed by atoms with Gasteiger partial charge in [-0.3, -0.25) is 4.79 Å². The minimum atomic E-state index is -0.199. The fourth-order valence-electron chi connectivity index (χ4n) is 3.02. The average molecular weight is 386 g/mol. The number of carbonyl (C=O) groups excluding carboxylic acids is 1. The summed E-state index contributed by atoms with van der Waals surface area (Å²) in [6.07, 6.45) is 3.28. The summed E-state index contributed by atoms with van der Waals surface area (Å²) in [7, 11) is 3.74. The molecule has 27 heavy (non-hydrogen) atoms. The number of nitrogens with zero attached hydrogens (tertiary/aromatic N) is 2. The molecule has 5 nitrogen and oxygen atoms in total. The van der Waals surface area contributed by atoms with E-state index in [1.165, 1.54) is 6.08 Å². The van der Waals surface area contributed by atoms with Gasteiger partial charge in [0.05, 0.1) is 18.5 Å². The first-order chi connectivity index (χ1) is 13.0. The van der Waals surface area contributed by atoms with Crippen LogP contribution < -0.4 is 15.0 Å². The number of halogens is 1.